The molecule has 19 heavy (non-hydrogen) atoms. The molecule has 0 radical (unpaired) electrons. The first-order chi connectivity index (χ1) is 8.89. The lowest BCUT2D eigenvalue weighted by Gasteiger charge is -2.34. The molecule has 1 unspecified atom stereocenters. The van der Waals surface area contributed by atoms with Crippen LogP contribution >= 0.6 is 11.3 Å². The maximum atomic E-state index is 12.4. The number of carbonyl (C=O) groups excluding carboxylic acids is 1. The molecular formula is C12H14F3NO2S. The second kappa shape index (κ2) is 5.50. The molecule has 106 valence electrons. The van der Waals surface area contributed by atoms with Gasteiger partial charge in [-0.25, -0.2) is 0 Å². The highest BCUT2D eigenvalue weighted by atomic mass is 32.1. The highest BCUT2D eigenvalue weighted by Crippen LogP contribution is 2.31. The Balaban J connectivity index is 1.91. The minimum absolute atomic E-state index is 0.152. The van der Waals surface area contributed by atoms with Crippen LogP contribution in [-0.4, -0.2) is 41.3 Å². The minimum atomic E-state index is -4.58. The lowest BCUT2D eigenvalue weighted by Crippen LogP contribution is -2.45. The standard InChI is InChI=1S/C12H14F3NO2S/c13-12(14,15)10(17)8-1-4-16(5-2-8)11(18)9-3-6-19-7-9/h3,6-8,10,17H,1-2,4-5H2. The summed E-state index contributed by atoms with van der Waals surface area (Å²) in [6, 6.07) is 1.70. The number of alkyl halides is 3. The van der Waals surface area contributed by atoms with Crippen LogP contribution in [-0.2, 0) is 0 Å². The van der Waals surface area contributed by atoms with E-state index < -0.39 is 18.2 Å². The van der Waals surface area contributed by atoms with Gasteiger partial charge in [-0.1, -0.05) is 0 Å². The molecule has 0 aliphatic carbocycles. The average molecular weight is 293 g/mol. The van der Waals surface area contributed by atoms with Crippen LogP contribution in [0.15, 0.2) is 16.8 Å². The van der Waals surface area contributed by atoms with Gasteiger partial charge in [-0.15, -0.1) is 0 Å². The van der Waals surface area contributed by atoms with E-state index in [0.29, 0.717) is 5.56 Å². The summed E-state index contributed by atoms with van der Waals surface area (Å²) in [7, 11) is 0. The third-order valence-electron chi connectivity index (χ3n) is 3.38. The number of rotatable bonds is 2. The fourth-order valence-electron chi connectivity index (χ4n) is 2.25. The number of aliphatic hydroxyl groups excluding tert-OH is 1. The van der Waals surface area contributed by atoms with Crippen molar-refractivity contribution in [2.75, 3.05) is 13.1 Å². The number of piperidine rings is 1. The van der Waals surface area contributed by atoms with Crippen LogP contribution in [0.3, 0.4) is 0 Å². The van der Waals surface area contributed by atoms with Crippen LogP contribution in [0.5, 0.6) is 0 Å². The first-order valence-corrected chi connectivity index (χ1v) is 6.90. The molecule has 2 rings (SSSR count). The number of carbonyl (C=O) groups is 1. The number of amides is 1. The molecule has 3 nitrogen and oxygen atoms in total. The van der Waals surface area contributed by atoms with Crippen molar-refractivity contribution in [3.8, 4) is 0 Å². The molecule has 1 aromatic rings. The Hall–Kier alpha value is -1.08. The van der Waals surface area contributed by atoms with E-state index in [-0.39, 0.29) is 31.8 Å². The molecule has 1 N–H and O–H groups in total. The van der Waals surface area contributed by atoms with Gasteiger partial charge in [0.05, 0.1) is 5.56 Å². The van der Waals surface area contributed by atoms with Crippen molar-refractivity contribution in [1.82, 2.24) is 4.90 Å². The van der Waals surface area contributed by atoms with Gasteiger partial charge < -0.3 is 10.0 Å². The van der Waals surface area contributed by atoms with Crippen LogP contribution < -0.4 is 0 Å². The predicted molar refractivity (Wildman–Crippen MR) is 65.0 cm³/mol. The summed E-state index contributed by atoms with van der Waals surface area (Å²) in [5, 5.41) is 12.7. The van der Waals surface area contributed by atoms with Crippen LogP contribution in [0.4, 0.5) is 13.2 Å². The SMILES string of the molecule is O=C(c1ccsc1)N1CCC(C(O)C(F)(F)F)CC1. The Morgan fingerprint density at radius 1 is 1.42 bits per heavy atom. The monoisotopic (exact) mass is 293 g/mol. The van der Waals surface area contributed by atoms with Gasteiger partial charge in [0.25, 0.3) is 5.91 Å². The summed E-state index contributed by atoms with van der Waals surface area (Å²) in [4.78, 5) is 13.5. The van der Waals surface area contributed by atoms with Gasteiger partial charge in [0.15, 0.2) is 6.10 Å². The smallest absolute Gasteiger partial charge is 0.383 e. The molecular weight excluding hydrogens is 279 g/mol. The number of hydrogen-bond acceptors (Lipinski definition) is 3. The Kier molecular flexibility index (Phi) is 4.15. The predicted octanol–water partition coefficient (Wildman–Crippen LogP) is 2.52. The number of likely N-dealkylation sites (tertiary alicyclic amines) is 1. The molecule has 1 atom stereocenters. The molecule has 1 aromatic heterocycles. The summed E-state index contributed by atoms with van der Waals surface area (Å²) in [6.45, 7) is 0.513. The van der Waals surface area contributed by atoms with Crippen molar-refractivity contribution in [2.45, 2.75) is 25.1 Å². The molecule has 1 aliphatic heterocycles. The number of hydrogen-bond donors (Lipinski definition) is 1. The van der Waals surface area contributed by atoms with Crippen LogP contribution in [0.25, 0.3) is 0 Å². The van der Waals surface area contributed by atoms with Crippen molar-refractivity contribution in [1.29, 1.82) is 0 Å². The highest BCUT2D eigenvalue weighted by Gasteiger charge is 2.44. The van der Waals surface area contributed by atoms with E-state index in [4.69, 9.17) is 0 Å². The van der Waals surface area contributed by atoms with Crippen LogP contribution in [0.2, 0.25) is 0 Å². The molecule has 0 bridgehead atoms. The van der Waals surface area contributed by atoms with Gasteiger partial charge in [-0.3, -0.25) is 4.79 Å². The largest absolute Gasteiger partial charge is 0.414 e. The zero-order chi connectivity index (χ0) is 14.0. The van der Waals surface area contributed by atoms with Crippen molar-refractivity contribution in [3.63, 3.8) is 0 Å². The normalized spacial score (nSPS) is 19.5. The van der Waals surface area contributed by atoms with Crippen LogP contribution in [0.1, 0.15) is 23.2 Å². The molecule has 1 amide bonds. The first-order valence-electron chi connectivity index (χ1n) is 5.96. The molecule has 1 aliphatic rings. The van der Waals surface area contributed by atoms with Crippen LogP contribution in [0, 0.1) is 5.92 Å². The summed E-state index contributed by atoms with van der Waals surface area (Å²) >= 11 is 1.40. The Bertz CT molecular complexity index is 425. The van der Waals surface area contributed by atoms with Crippen molar-refractivity contribution < 1.29 is 23.1 Å². The van der Waals surface area contributed by atoms with Gasteiger partial charge in [0.1, 0.15) is 0 Å². The van der Waals surface area contributed by atoms with Crippen molar-refractivity contribution >= 4 is 17.2 Å². The summed E-state index contributed by atoms with van der Waals surface area (Å²) in [5.74, 6) is -0.965. The van der Waals surface area contributed by atoms with Crippen molar-refractivity contribution in [2.24, 2.45) is 5.92 Å². The Morgan fingerprint density at radius 2 is 2.05 bits per heavy atom. The van der Waals surface area contributed by atoms with E-state index in [2.05, 4.69) is 0 Å². The number of aliphatic hydroxyl groups is 1. The topological polar surface area (TPSA) is 40.5 Å². The summed E-state index contributed by atoms with van der Waals surface area (Å²) in [6.07, 6.45) is -6.51. The van der Waals surface area contributed by atoms with Gasteiger partial charge in [0.2, 0.25) is 0 Å². The van der Waals surface area contributed by atoms with E-state index in [1.165, 1.54) is 11.3 Å². The number of halogens is 3. The fraction of sp³-hybridized carbons (Fsp3) is 0.583. The van der Waals surface area contributed by atoms with Gasteiger partial charge in [0, 0.05) is 18.5 Å². The molecule has 1 saturated heterocycles. The number of nitrogens with zero attached hydrogens (tertiary/aromatic N) is 1. The third-order valence-corrected chi connectivity index (χ3v) is 4.06. The second-order valence-electron chi connectivity index (χ2n) is 4.63. The molecule has 0 saturated carbocycles. The van der Waals surface area contributed by atoms with E-state index in [1.807, 2.05) is 0 Å². The quantitative estimate of drug-likeness (QED) is 0.910. The number of thiophene rings is 1. The van der Waals surface area contributed by atoms with E-state index in [0.717, 1.165) is 0 Å². The molecule has 2 heterocycles. The Labute approximate surface area is 112 Å². The second-order valence-corrected chi connectivity index (χ2v) is 5.41. The molecule has 0 aromatic carbocycles. The van der Waals surface area contributed by atoms with E-state index in [9.17, 15) is 23.1 Å². The molecule has 0 spiro atoms. The fourth-order valence-corrected chi connectivity index (χ4v) is 2.88. The van der Waals surface area contributed by atoms with Gasteiger partial charge >= 0.3 is 6.18 Å². The van der Waals surface area contributed by atoms with Gasteiger partial charge in [-0.2, -0.15) is 24.5 Å². The Morgan fingerprint density at radius 3 is 2.53 bits per heavy atom. The maximum Gasteiger partial charge on any atom is 0.414 e. The summed E-state index contributed by atoms with van der Waals surface area (Å²) in [5.41, 5.74) is 0.569. The summed E-state index contributed by atoms with van der Waals surface area (Å²) < 4.78 is 37.2. The van der Waals surface area contributed by atoms with Gasteiger partial charge in [-0.05, 0) is 30.2 Å². The molecule has 7 heteroatoms. The van der Waals surface area contributed by atoms with E-state index >= 15 is 0 Å². The minimum Gasteiger partial charge on any atom is -0.383 e. The zero-order valence-electron chi connectivity index (χ0n) is 10.1. The zero-order valence-corrected chi connectivity index (χ0v) is 10.9. The first kappa shape index (κ1) is 14.3. The molecule has 1 fully saturated rings. The average Bonchev–Trinajstić information content (AvgIpc) is 2.90. The third kappa shape index (κ3) is 3.27. The van der Waals surface area contributed by atoms with Crippen molar-refractivity contribution in [3.05, 3.63) is 22.4 Å². The van der Waals surface area contributed by atoms with E-state index in [1.54, 1.807) is 21.7 Å². The highest BCUT2D eigenvalue weighted by molar-refractivity contribution is 7.08. The lowest BCUT2D eigenvalue weighted by molar-refractivity contribution is -0.222. The maximum absolute atomic E-state index is 12.4. The lowest BCUT2D eigenvalue weighted by atomic mass is 9.90.